The first-order valence-electron chi connectivity index (χ1n) is 11.0. The Morgan fingerprint density at radius 2 is 1.88 bits per heavy atom. The molecule has 0 bridgehead atoms. The molecule has 1 aliphatic carbocycles. The lowest BCUT2D eigenvalue weighted by molar-refractivity contribution is -0.138. The topological polar surface area (TPSA) is 97.0 Å². The van der Waals surface area contributed by atoms with Crippen molar-refractivity contribution in [2.24, 2.45) is 11.8 Å². The van der Waals surface area contributed by atoms with Gasteiger partial charge in [-0.15, -0.1) is 0 Å². The maximum Gasteiger partial charge on any atom is 0.419 e. The van der Waals surface area contributed by atoms with E-state index in [-0.39, 0.29) is 23.6 Å². The Balaban J connectivity index is 1.37. The molecule has 5 rings (SSSR count). The van der Waals surface area contributed by atoms with Crippen molar-refractivity contribution >= 4 is 11.9 Å². The fraction of sp³-hybridized carbons (Fsp3) is 0.435. The fourth-order valence-corrected chi connectivity index (χ4v) is 4.42. The number of aromatic nitrogens is 4. The second-order valence-electron chi connectivity index (χ2n) is 8.92. The van der Waals surface area contributed by atoms with Gasteiger partial charge in [-0.1, -0.05) is 0 Å². The third kappa shape index (κ3) is 4.46. The van der Waals surface area contributed by atoms with Crippen molar-refractivity contribution in [2.45, 2.75) is 38.9 Å². The number of anilines is 1. The number of hydrogen-bond donors (Lipinski definition) is 1. The number of amides is 1. The number of carbonyl (C=O) groups excluding carboxylic acids is 1. The molecule has 3 aromatic heterocycles. The molecule has 1 aliphatic heterocycles. The van der Waals surface area contributed by atoms with Crippen LogP contribution in [0.25, 0.3) is 11.5 Å². The summed E-state index contributed by atoms with van der Waals surface area (Å²) in [4.78, 5) is 31.9. The summed E-state index contributed by atoms with van der Waals surface area (Å²) in [5, 5.41) is 2.99. The Kier molecular flexibility index (Phi) is 5.49. The van der Waals surface area contributed by atoms with Crippen LogP contribution in [0.3, 0.4) is 0 Å². The molecule has 1 amide bonds. The smallest absolute Gasteiger partial charge is 0.419 e. The van der Waals surface area contributed by atoms with Gasteiger partial charge in [-0.05, 0) is 50.7 Å². The maximum absolute atomic E-state index is 13.7. The third-order valence-corrected chi connectivity index (χ3v) is 6.34. The van der Waals surface area contributed by atoms with Gasteiger partial charge in [-0.2, -0.15) is 13.2 Å². The van der Waals surface area contributed by atoms with Gasteiger partial charge in [-0.25, -0.2) is 19.9 Å². The number of piperidine rings is 1. The number of nitrogens with zero attached hydrogens (tertiary/aromatic N) is 5. The molecule has 2 aliphatic rings. The van der Waals surface area contributed by atoms with Gasteiger partial charge in [-0.3, -0.25) is 4.79 Å². The van der Waals surface area contributed by atoms with E-state index >= 15 is 0 Å². The summed E-state index contributed by atoms with van der Waals surface area (Å²) in [5.74, 6) is 1.20. The summed E-state index contributed by atoms with van der Waals surface area (Å²) in [5.41, 5.74) is 1.29. The van der Waals surface area contributed by atoms with E-state index in [0.717, 1.165) is 25.2 Å². The average Bonchev–Trinajstić information content (AvgIpc) is 3.44. The van der Waals surface area contributed by atoms with Crippen molar-refractivity contribution in [1.82, 2.24) is 24.8 Å². The molecule has 11 heteroatoms. The Morgan fingerprint density at radius 1 is 1.12 bits per heavy atom. The number of aryl methyl sites for hydroxylation is 2. The zero-order valence-corrected chi connectivity index (χ0v) is 18.6. The zero-order valence-electron chi connectivity index (χ0n) is 18.6. The van der Waals surface area contributed by atoms with Crippen LogP contribution >= 0.6 is 0 Å². The van der Waals surface area contributed by atoms with Crippen molar-refractivity contribution in [3.63, 3.8) is 0 Å². The summed E-state index contributed by atoms with van der Waals surface area (Å²) in [7, 11) is 0. The van der Waals surface area contributed by atoms with Crippen LogP contribution in [0.5, 0.6) is 0 Å². The van der Waals surface area contributed by atoms with E-state index < -0.39 is 11.7 Å². The minimum atomic E-state index is -4.49. The number of likely N-dealkylation sites (tertiary alicyclic amines) is 1. The van der Waals surface area contributed by atoms with Crippen LogP contribution in [0.2, 0.25) is 0 Å². The largest absolute Gasteiger partial charge is 0.444 e. The lowest BCUT2D eigenvalue weighted by Crippen LogP contribution is -2.48. The standard InChI is InChI=1S/C23H23F3N6O2/c1-12-3-4-18(20-31-13(2)11-34-20)19(30-12)21(33)32-10-15-5-14(15)6-17(32)9-29-22-27-7-16(8-28-22)23(24,25)26/h3-4,7-8,11,14-15,17H,5-6,9-10H2,1-2H3,(H,27,28,29)/t14-,15+,17?/m1/s1. The lowest BCUT2D eigenvalue weighted by Gasteiger charge is -2.35. The lowest BCUT2D eigenvalue weighted by atomic mass is 10.0. The van der Waals surface area contributed by atoms with E-state index in [4.69, 9.17) is 4.42 Å². The van der Waals surface area contributed by atoms with Gasteiger partial charge in [0.2, 0.25) is 11.8 Å². The second-order valence-corrected chi connectivity index (χ2v) is 8.92. The number of hydrogen-bond acceptors (Lipinski definition) is 7. The number of fused-ring (bicyclic) bond motifs is 1. The molecule has 0 aromatic carbocycles. The minimum absolute atomic E-state index is 0.0861. The number of rotatable bonds is 5. The number of nitrogens with one attached hydrogen (secondary N) is 1. The highest BCUT2D eigenvalue weighted by Crippen LogP contribution is 2.47. The molecule has 0 spiro atoms. The van der Waals surface area contributed by atoms with E-state index in [1.165, 1.54) is 6.26 Å². The van der Waals surface area contributed by atoms with Gasteiger partial charge in [0.25, 0.3) is 5.91 Å². The van der Waals surface area contributed by atoms with Gasteiger partial charge < -0.3 is 14.6 Å². The van der Waals surface area contributed by atoms with Crippen LogP contribution in [0, 0.1) is 25.7 Å². The van der Waals surface area contributed by atoms with Gasteiger partial charge in [0.05, 0.1) is 16.8 Å². The molecule has 1 unspecified atom stereocenters. The molecular formula is C23H23F3N6O2. The number of carbonyl (C=O) groups is 1. The van der Waals surface area contributed by atoms with Crippen LogP contribution in [-0.4, -0.2) is 49.9 Å². The van der Waals surface area contributed by atoms with Gasteiger partial charge in [0, 0.05) is 37.2 Å². The van der Waals surface area contributed by atoms with Crippen LogP contribution in [0.1, 0.15) is 40.3 Å². The van der Waals surface area contributed by atoms with Crippen molar-refractivity contribution in [3.05, 3.63) is 53.4 Å². The van der Waals surface area contributed by atoms with Gasteiger partial charge in [0.15, 0.2) is 0 Å². The maximum atomic E-state index is 13.7. The van der Waals surface area contributed by atoms with Crippen LogP contribution in [-0.2, 0) is 6.18 Å². The quantitative estimate of drug-likeness (QED) is 0.597. The van der Waals surface area contributed by atoms with Gasteiger partial charge >= 0.3 is 6.18 Å². The number of pyridine rings is 1. The van der Waals surface area contributed by atoms with E-state index in [1.807, 2.05) is 6.92 Å². The van der Waals surface area contributed by atoms with Crippen LogP contribution < -0.4 is 5.32 Å². The Morgan fingerprint density at radius 3 is 2.56 bits per heavy atom. The first-order valence-corrected chi connectivity index (χ1v) is 11.0. The summed E-state index contributed by atoms with van der Waals surface area (Å²) in [6.45, 7) is 4.54. The summed E-state index contributed by atoms with van der Waals surface area (Å²) >= 11 is 0. The van der Waals surface area contributed by atoms with Crippen molar-refractivity contribution in [1.29, 1.82) is 0 Å². The highest BCUT2D eigenvalue weighted by Gasteiger charge is 2.47. The SMILES string of the molecule is Cc1coc(-c2ccc(C)nc2C(=O)N2C[C@@H]3C[C@@H]3CC2CNc2ncc(C(F)(F)F)cn2)n1. The number of oxazole rings is 1. The molecule has 2 fully saturated rings. The summed E-state index contributed by atoms with van der Waals surface area (Å²) in [6, 6.07) is 3.41. The average molecular weight is 472 g/mol. The minimum Gasteiger partial charge on any atom is -0.444 e. The number of alkyl halides is 3. The predicted octanol–water partition coefficient (Wildman–Crippen LogP) is 4.12. The third-order valence-electron chi connectivity index (χ3n) is 6.34. The van der Waals surface area contributed by atoms with E-state index in [9.17, 15) is 18.0 Å². The fourth-order valence-electron chi connectivity index (χ4n) is 4.42. The molecule has 1 saturated heterocycles. The Labute approximate surface area is 193 Å². The molecule has 34 heavy (non-hydrogen) atoms. The first kappa shape index (κ1) is 22.3. The number of halogens is 3. The molecule has 1 N–H and O–H groups in total. The van der Waals surface area contributed by atoms with Crippen molar-refractivity contribution in [2.75, 3.05) is 18.4 Å². The highest BCUT2D eigenvalue weighted by molar-refractivity contribution is 5.98. The van der Waals surface area contributed by atoms with Crippen molar-refractivity contribution < 1.29 is 22.4 Å². The monoisotopic (exact) mass is 472 g/mol. The Bertz CT molecular complexity index is 1210. The first-order chi connectivity index (χ1) is 16.2. The molecular weight excluding hydrogens is 449 g/mol. The van der Waals surface area contributed by atoms with E-state index in [2.05, 4.69) is 25.3 Å². The highest BCUT2D eigenvalue weighted by atomic mass is 19.4. The molecule has 178 valence electrons. The molecule has 8 nitrogen and oxygen atoms in total. The zero-order chi connectivity index (χ0) is 24.0. The molecule has 1 saturated carbocycles. The normalized spacial score (nSPS) is 21.8. The van der Waals surface area contributed by atoms with Crippen molar-refractivity contribution in [3.8, 4) is 11.5 Å². The molecule has 0 radical (unpaired) electrons. The summed E-state index contributed by atoms with van der Waals surface area (Å²) in [6.07, 6.45) is 0.379. The predicted molar refractivity (Wildman–Crippen MR) is 116 cm³/mol. The molecule has 4 heterocycles. The second kappa shape index (κ2) is 8.37. The molecule has 3 atom stereocenters. The van der Waals surface area contributed by atoms with Gasteiger partial charge in [0.1, 0.15) is 12.0 Å². The van der Waals surface area contributed by atoms with E-state index in [1.54, 1.807) is 24.0 Å². The summed E-state index contributed by atoms with van der Waals surface area (Å²) < 4.78 is 43.8. The Hall–Kier alpha value is -3.50. The molecule has 3 aromatic rings. The van der Waals surface area contributed by atoms with Crippen LogP contribution in [0.15, 0.2) is 35.2 Å². The van der Waals surface area contributed by atoms with E-state index in [0.29, 0.717) is 47.8 Å². The van der Waals surface area contributed by atoms with Crippen LogP contribution in [0.4, 0.5) is 19.1 Å².